The number of carbonyl (C=O) groups excluding carboxylic acids is 4. The van der Waals surface area contributed by atoms with Crippen LogP contribution in [-0.4, -0.2) is 64.5 Å². The number of rotatable bonds is 11. The third-order valence-corrected chi connectivity index (χ3v) is 11.0. The molecule has 13 heteroatoms. The first kappa shape index (κ1) is 36.4. The number of alkyl carbamates (subject to hydrolysis) is 1. The lowest BCUT2D eigenvalue weighted by Crippen LogP contribution is -2.46. The van der Waals surface area contributed by atoms with Crippen LogP contribution < -0.4 is 15.8 Å². The standard InChI is InChI=1S/C36H41N3O7S3/c1-36(2,3)46-34(43)38-26(19-31(37)40)33(42)45-14-7-5-6-9-24-18-28(23-10-8-11-25(17-23)44-4)48-29(24)20-30-32(41)39(35(47)49-30)27-16-21-12-13-22(27)15-21/h8,10-11,17-18,20-22,26-27H,5,7,12-16,19H2,1-4H3,(H2,37,40)(H,38,43)/t21?,22?,26-,27?/m0/s1. The van der Waals surface area contributed by atoms with Crippen LogP contribution >= 0.6 is 35.3 Å². The van der Waals surface area contributed by atoms with E-state index in [1.54, 1.807) is 39.2 Å². The number of nitrogens with two attached hydrogens (primary N) is 1. The summed E-state index contributed by atoms with van der Waals surface area (Å²) in [4.78, 5) is 54.2. The third kappa shape index (κ3) is 9.44. The monoisotopic (exact) mass is 723 g/mol. The summed E-state index contributed by atoms with van der Waals surface area (Å²) in [5.41, 5.74) is 6.22. The number of thiophene rings is 1. The van der Waals surface area contributed by atoms with Gasteiger partial charge in [-0.25, -0.2) is 9.59 Å². The Labute approximate surface area is 300 Å². The van der Waals surface area contributed by atoms with Crippen LogP contribution in [0.25, 0.3) is 16.5 Å². The number of amides is 3. The highest BCUT2D eigenvalue weighted by Crippen LogP contribution is 2.49. The van der Waals surface area contributed by atoms with Crippen molar-refractivity contribution in [3.05, 3.63) is 45.7 Å². The van der Waals surface area contributed by atoms with Crippen LogP contribution in [0.4, 0.5) is 4.79 Å². The van der Waals surface area contributed by atoms with Gasteiger partial charge in [-0.1, -0.05) is 54.4 Å². The van der Waals surface area contributed by atoms with Crippen molar-refractivity contribution in [3.63, 3.8) is 0 Å². The van der Waals surface area contributed by atoms with Gasteiger partial charge in [0, 0.05) is 27.8 Å². The van der Waals surface area contributed by atoms with Gasteiger partial charge in [-0.05, 0) is 88.1 Å². The summed E-state index contributed by atoms with van der Waals surface area (Å²) >= 11 is 8.61. The number of thiocarbonyl (C=S) groups is 1. The molecule has 0 spiro atoms. The molecule has 3 unspecified atom stereocenters. The number of benzene rings is 1. The average molecular weight is 724 g/mol. The van der Waals surface area contributed by atoms with Crippen molar-refractivity contribution in [3.8, 4) is 28.0 Å². The van der Waals surface area contributed by atoms with Gasteiger partial charge in [0.25, 0.3) is 5.91 Å². The van der Waals surface area contributed by atoms with E-state index in [2.05, 4.69) is 17.2 Å². The van der Waals surface area contributed by atoms with Crippen LogP contribution in [0.2, 0.25) is 0 Å². The number of nitrogens with zero attached hydrogens (tertiary/aromatic N) is 1. The molecular weight excluding hydrogens is 683 g/mol. The number of esters is 1. The molecule has 1 aromatic heterocycles. The first-order chi connectivity index (χ1) is 23.3. The SMILES string of the molecule is COc1cccc(-c2cc(C#CCCCOC(=O)[C@H](CC(N)=O)NC(=O)OC(C)(C)C)c(C=C3SC(=S)N(C4CC5CCC4C5)C3=O)s2)c1. The van der Waals surface area contributed by atoms with E-state index in [4.69, 9.17) is 32.2 Å². The first-order valence-electron chi connectivity index (χ1n) is 16.3. The molecule has 0 radical (unpaired) electrons. The molecule has 2 heterocycles. The molecular formula is C36H41N3O7S3. The summed E-state index contributed by atoms with van der Waals surface area (Å²) < 4.78 is 16.5. The quantitative estimate of drug-likeness (QED) is 0.0906. The Morgan fingerprint density at radius 2 is 2.00 bits per heavy atom. The number of thioether (sulfide) groups is 1. The fourth-order valence-electron chi connectivity index (χ4n) is 6.38. The van der Waals surface area contributed by atoms with Gasteiger partial charge < -0.3 is 25.3 Å². The fraction of sp³-hybridized carbons (Fsp3) is 0.472. The van der Waals surface area contributed by atoms with Crippen molar-refractivity contribution in [2.45, 2.75) is 83.4 Å². The first-order valence-corrected chi connectivity index (χ1v) is 18.3. The van der Waals surface area contributed by atoms with Gasteiger partial charge >= 0.3 is 12.1 Å². The van der Waals surface area contributed by atoms with E-state index in [1.807, 2.05) is 41.3 Å². The number of carbonyl (C=O) groups is 4. The lowest BCUT2D eigenvalue weighted by molar-refractivity contribution is -0.147. The van der Waals surface area contributed by atoms with E-state index >= 15 is 0 Å². The Morgan fingerprint density at radius 1 is 1.20 bits per heavy atom. The molecule has 2 bridgehead atoms. The van der Waals surface area contributed by atoms with Gasteiger partial charge in [-0.3, -0.25) is 14.5 Å². The highest BCUT2D eigenvalue weighted by molar-refractivity contribution is 8.26. The number of hydrogen-bond acceptors (Lipinski definition) is 10. The van der Waals surface area contributed by atoms with E-state index in [9.17, 15) is 19.2 Å². The Morgan fingerprint density at radius 3 is 2.67 bits per heavy atom. The highest BCUT2D eigenvalue weighted by Gasteiger charge is 2.48. The van der Waals surface area contributed by atoms with E-state index < -0.39 is 36.0 Å². The zero-order valence-corrected chi connectivity index (χ0v) is 30.5. The molecule has 5 rings (SSSR count). The van der Waals surface area contributed by atoms with Gasteiger partial charge in [-0.15, -0.1) is 11.3 Å². The average Bonchev–Trinajstić information content (AvgIpc) is 3.82. The van der Waals surface area contributed by atoms with Gasteiger partial charge in [0.2, 0.25) is 5.91 Å². The van der Waals surface area contributed by atoms with Crippen LogP contribution in [0, 0.1) is 23.7 Å². The minimum atomic E-state index is -1.27. The van der Waals surface area contributed by atoms with E-state index in [0.717, 1.165) is 39.5 Å². The summed E-state index contributed by atoms with van der Waals surface area (Å²) in [5.74, 6) is 6.79. The number of unbranched alkanes of at least 4 members (excludes halogenated alkanes) is 1. The summed E-state index contributed by atoms with van der Waals surface area (Å²) in [6.07, 6.45) is 6.08. The molecule has 2 saturated carbocycles. The summed E-state index contributed by atoms with van der Waals surface area (Å²) in [5, 5.41) is 2.35. The molecule has 3 fully saturated rings. The van der Waals surface area contributed by atoms with Crippen molar-refractivity contribution in [2.75, 3.05) is 13.7 Å². The number of fused-ring (bicyclic) bond motifs is 2. The van der Waals surface area contributed by atoms with E-state index in [0.29, 0.717) is 33.9 Å². The second kappa shape index (κ2) is 15.8. The maximum Gasteiger partial charge on any atom is 0.408 e. The third-order valence-electron chi connectivity index (χ3n) is 8.53. The molecule has 1 saturated heterocycles. The minimum absolute atomic E-state index is 0.0236. The Hall–Kier alpha value is -3.86. The summed E-state index contributed by atoms with van der Waals surface area (Å²) in [6, 6.07) is 8.71. The second-order valence-corrected chi connectivity index (χ2v) is 16.1. The number of methoxy groups -OCH3 is 1. The lowest BCUT2D eigenvalue weighted by Gasteiger charge is -2.30. The maximum absolute atomic E-state index is 13.7. The smallest absolute Gasteiger partial charge is 0.408 e. The van der Waals surface area contributed by atoms with Crippen LogP contribution in [-0.2, 0) is 23.9 Å². The predicted octanol–water partition coefficient (Wildman–Crippen LogP) is 6.26. The minimum Gasteiger partial charge on any atom is -0.497 e. The largest absolute Gasteiger partial charge is 0.497 e. The molecule has 49 heavy (non-hydrogen) atoms. The number of primary amides is 1. The van der Waals surface area contributed by atoms with Crippen molar-refractivity contribution < 1.29 is 33.4 Å². The van der Waals surface area contributed by atoms with Crippen molar-refractivity contribution in [1.82, 2.24) is 10.2 Å². The molecule has 10 nitrogen and oxygen atoms in total. The number of hydrogen-bond donors (Lipinski definition) is 2. The van der Waals surface area contributed by atoms with Crippen molar-refractivity contribution >= 4 is 69.6 Å². The van der Waals surface area contributed by atoms with Gasteiger partial charge in [0.05, 0.1) is 25.0 Å². The molecule has 3 aliphatic rings. The molecule has 4 atom stereocenters. The van der Waals surface area contributed by atoms with Crippen LogP contribution in [0.5, 0.6) is 5.75 Å². The Balaban J connectivity index is 1.27. The zero-order chi connectivity index (χ0) is 35.3. The van der Waals surface area contributed by atoms with Crippen LogP contribution in [0.1, 0.15) is 76.2 Å². The van der Waals surface area contributed by atoms with Crippen molar-refractivity contribution in [2.24, 2.45) is 17.6 Å². The topological polar surface area (TPSA) is 137 Å². The molecule has 2 aromatic rings. The molecule has 1 aliphatic heterocycles. The zero-order valence-electron chi connectivity index (χ0n) is 28.0. The van der Waals surface area contributed by atoms with E-state index in [1.165, 1.54) is 24.6 Å². The van der Waals surface area contributed by atoms with Crippen LogP contribution in [0.15, 0.2) is 35.2 Å². The summed E-state index contributed by atoms with van der Waals surface area (Å²) in [6.45, 7) is 5.07. The summed E-state index contributed by atoms with van der Waals surface area (Å²) in [7, 11) is 1.63. The number of nitrogens with one attached hydrogen (secondary N) is 1. The maximum atomic E-state index is 13.7. The molecule has 2 aliphatic carbocycles. The van der Waals surface area contributed by atoms with Gasteiger partial charge in [0.1, 0.15) is 21.7 Å². The van der Waals surface area contributed by atoms with Crippen LogP contribution in [0.3, 0.4) is 0 Å². The Bertz CT molecular complexity index is 1720. The second-order valence-electron chi connectivity index (χ2n) is 13.4. The molecule has 3 amide bonds. The van der Waals surface area contributed by atoms with Gasteiger partial charge in [-0.2, -0.15) is 0 Å². The lowest BCUT2D eigenvalue weighted by atomic mass is 9.94. The Kier molecular flexibility index (Phi) is 11.7. The molecule has 1 aromatic carbocycles. The highest BCUT2D eigenvalue weighted by atomic mass is 32.2. The van der Waals surface area contributed by atoms with E-state index in [-0.39, 0.29) is 18.6 Å². The van der Waals surface area contributed by atoms with Crippen molar-refractivity contribution in [1.29, 1.82) is 0 Å². The molecule has 3 N–H and O–H groups in total. The fourth-order valence-corrected chi connectivity index (χ4v) is 8.86. The molecule has 260 valence electrons. The predicted molar refractivity (Wildman–Crippen MR) is 195 cm³/mol. The number of ether oxygens (including phenoxy) is 3. The van der Waals surface area contributed by atoms with Gasteiger partial charge in [0.15, 0.2) is 0 Å². The normalized spacial score (nSPS) is 21.3.